The van der Waals surface area contributed by atoms with E-state index in [0.717, 1.165) is 25.3 Å². The van der Waals surface area contributed by atoms with E-state index in [1.165, 1.54) is 0 Å². The molecule has 0 saturated heterocycles. The van der Waals surface area contributed by atoms with Gasteiger partial charge in [-0.3, -0.25) is 0 Å². The third-order valence-electron chi connectivity index (χ3n) is 2.40. The van der Waals surface area contributed by atoms with E-state index in [1.807, 2.05) is 38.6 Å². The number of imidazole rings is 1. The van der Waals surface area contributed by atoms with Gasteiger partial charge < -0.3 is 19.9 Å². The van der Waals surface area contributed by atoms with Crippen LogP contribution in [-0.2, 0) is 18.3 Å². The Morgan fingerprint density at radius 2 is 2.16 bits per heavy atom. The van der Waals surface area contributed by atoms with Crippen molar-refractivity contribution < 1.29 is 9.53 Å². The molecule has 0 bridgehead atoms. The second-order valence-electron chi connectivity index (χ2n) is 5.41. The monoisotopic (exact) mass is 268 g/mol. The molecule has 1 rings (SSSR count). The molecule has 0 aliphatic rings. The Bertz CT molecular complexity index is 396. The topological polar surface area (TPSA) is 68.2 Å². The van der Waals surface area contributed by atoms with Crippen LogP contribution < -0.4 is 10.6 Å². The van der Waals surface area contributed by atoms with Crippen molar-refractivity contribution in [2.24, 2.45) is 7.05 Å². The van der Waals surface area contributed by atoms with Gasteiger partial charge in [-0.2, -0.15) is 0 Å². The lowest BCUT2D eigenvalue weighted by atomic mass is 10.2. The first-order valence-corrected chi connectivity index (χ1v) is 6.52. The predicted octanol–water partition coefficient (Wildman–Crippen LogP) is 1.42. The van der Waals surface area contributed by atoms with E-state index in [-0.39, 0.29) is 6.09 Å². The van der Waals surface area contributed by atoms with E-state index in [4.69, 9.17) is 4.74 Å². The van der Waals surface area contributed by atoms with Crippen LogP contribution in [0.3, 0.4) is 0 Å². The van der Waals surface area contributed by atoms with Gasteiger partial charge in [0.05, 0.1) is 6.54 Å². The highest BCUT2D eigenvalue weighted by molar-refractivity contribution is 5.67. The van der Waals surface area contributed by atoms with Crippen molar-refractivity contribution in [2.75, 3.05) is 13.1 Å². The molecule has 6 nitrogen and oxygen atoms in total. The average Bonchev–Trinajstić information content (AvgIpc) is 2.67. The summed E-state index contributed by atoms with van der Waals surface area (Å²) < 4.78 is 7.11. The first-order chi connectivity index (χ1) is 8.88. The van der Waals surface area contributed by atoms with Gasteiger partial charge in [0.2, 0.25) is 0 Å². The van der Waals surface area contributed by atoms with Gasteiger partial charge in [0.25, 0.3) is 0 Å². The molecule has 1 heterocycles. The fourth-order valence-corrected chi connectivity index (χ4v) is 1.49. The molecule has 0 aliphatic heterocycles. The van der Waals surface area contributed by atoms with Gasteiger partial charge in [-0.05, 0) is 33.7 Å². The molecular weight excluding hydrogens is 244 g/mol. The van der Waals surface area contributed by atoms with Crippen LogP contribution >= 0.6 is 0 Å². The molecule has 0 saturated carbocycles. The molecule has 0 radical (unpaired) electrons. The molecular formula is C13H24N4O2. The number of rotatable bonds is 6. The third kappa shape index (κ3) is 6.81. The van der Waals surface area contributed by atoms with Gasteiger partial charge in [0.1, 0.15) is 11.4 Å². The van der Waals surface area contributed by atoms with Crippen molar-refractivity contribution in [2.45, 2.75) is 39.3 Å². The number of amides is 1. The maximum atomic E-state index is 11.4. The number of hydrogen-bond donors (Lipinski definition) is 2. The highest BCUT2D eigenvalue weighted by Crippen LogP contribution is 2.06. The first kappa shape index (κ1) is 15.5. The van der Waals surface area contributed by atoms with Crippen LogP contribution in [0.1, 0.15) is 33.0 Å². The number of carbonyl (C=O) groups excluding carboxylic acids is 1. The first-order valence-electron chi connectivity index (χ1n) is 6.52. The van der Waals surface area contributed by atoms with Crippen molar-refractivity contribution >= 4 is 6.09 Å². The fraction of sp³-hybridized carbons (Fsp3) is 0.692. The van der Waals surface area contributed by atoms with Crippen molar-refractivity contribution in [3.8, 4) is 0 Å². The molecule has 0 unspecified atom stereocenters. The number of carbonyl (C=O) groups is 1. The van der Waals surface area contributed by atoms with Crippen molar-refractivity contribution in [3.05, 3.63) is 18.2 Å². The Hall–Kier alpha value is -1.56. The van der Waals surface area contributed by atoms with Crippen LogP contribution in [0.25, 0.3) is 0 Å². The zero-order valence-electron chi connectivity index (χ0n) is 12.2. The van der Waals surface area contributed by atoms with Gasteiger partial charge in [-0.1, -0.05) is 0 Å². The van der Waals surface area contributed by atoms with Gasteiger partial charge in [-0.15, -0.1) is 0 Å². The number of nitrogens with zero attached hydrogens (tertiary/aromatic N) is 2. The summed E-state index contributed by atoms with van der Waals surface area (Å²) in [7, 11) is 1.97. The van der Waals surface area contributed by atoms with Crippen LogP contribution in [0, 0.1) is 0 Å². The summed E-state index contributed by atoms with van der Waals surface area (Å²) in [5.41, 5.74) is -0.444. The van der Waals surface area contributed by atoms with Gasteiger partial charge >= 0.3 is 6.09 Å². The van der Waals surface area contributed by atoms with E-state index in [2.05, 4.69) is 15.6 Å². The molecule has 19 heavy (non-hydrogen) atoms. The summed E-state index contributed by atoms with van der Waals surface area (Å²) in [6.07, 6.45) is 4.18. The normalized spacial score (nSPS) is 11.4. The fourth-order valence-electron chi connectivity index (χ4n) is 1.49. The minimum absolute atomic E-state index is 0.364. The smallest absolute Gasteiger partial charge is 0.407 e. The molecule has 1 aromatic rings. The maximum Gasteiger partial charge on any atom is 0.407 e. The van der Waals surface area contributed by atoms with Crippen LogP contribution in [0.4, 0.5) is 4.79 Å². The maximum absolute atomic E-state index is 11.4. The Morgan fingerprint density at radius 1 is 1.42 bits per heavy atom. The van der Waals surface area contributed by atoms with E-state index < -0.39 is 5.60 Å². The van der Waals surface area contributed by atoms with E-state index in [0.29, 0.717) is 6.54 Å². The molecule has 108 valence electrons. The summed E-state index contributed by atoms with van der Waals surface area (Å²) >= 11 is 0. The highest BCUT2D eigenvalue weighted by Gasteiger charge is 2.15. The molecule has 1 aromatic heterocycles. The summed E-state index contributed by atoms with van der Waals surface area (Å²) in [6.45, 7) is 7.70. The summed E-state index contributed by atoms with van der Waals surface area (Å²) in [5.74, 6) is 1.00. The minimum Gasteiger partial charge on any atom is -0.444 e. The number of aromatic nitrogens is 2. The molecule has 0 spiro atoms. The second kappa shape index (κ2) is 7.13. The Kier molecular flexibility index (Phi) is 5.82. The number of aryl methyl sites for hydroxylation is 1. The quantitative estimate of drug-likeness (QED) is 0.766. The number of nitrogens with one attached hydrogen (secondary N) is 2. The van der Waals surface area contributed by atoms with Crippen molar-refractivity contribution in [1.82, 2.24) is 20.2 Å². The average molecular weight is 268 g/mol. The van der Waals surface area contributed by atoms with Crippen LogP contribution in [-0.4, -0.2) is 34.3 Å². The second-order valence-corrected chi connectivity index (χ2v) is 5.41. The van der Waals surface area contributed by atoms with Crippen molar-refractivity contribution in [3.63, 3.8) is 0 Å². The zero-order chi connectivity index (χ0) is 14.3. The lowest BCUT2D eigenvalue weighted by Gasteiger charge is -2.19. The van der Waals surface area contributed by atoms with Gasteiger partial charge in [0, 0.05) is 26.0 Å². The predicted molar refractivity (Wildman–Crippen MR) is 73.8 cm³/mol. The molecule has 2 N–H and O–H groups in total. The Labute approximate surface area is 114 Å². The third-order valence-corrected chi connectivity index (χ3v) is 2.40. The zero-order valence-corrected chi connectivity index (χ0v) is 12.2. The summed E-state index contributed by atoms with van der Waals surface area (Å²) in [6, 6.07) is 0. The summed E-state index contributed by atoms with van der Waals surface area (Å²) in [5, 5.41) is 6.00. The van der Waals surface area contributed by atoms with Crippen LogP contribution in [0.15, 0.2) is 12.4 Å². The lowest BCUT2D eigenvalue weighted by molar-refractivity contribution is 0.0527. The Balaban J connectivity index is 2.03. The van der Waals surface area contributed by atoms with E-state index in [9.17, 15) is 4.79 Å². The van der Waals surface area contributed by atoms with Crippen LogP contribution in [0.2, 0.25) is 0 Å². The van der Waals surface area contributed by atoms with Gasteiger partial charge in [-0.25, -0.2) is 9.78 Å². The number of hydrogen-bond acceptors (Lipinski definition) is 4. The largest absolute Gasteiger partial charge is 0.444 e. The standard InChI is InChI=1S/C13H24N4O2/c1-13(2,3)19-12(18)16-7-5-6-14-10-11-15-8-9-17(11)4/h8-9,14H,5-7,10H2,1-4H3,(H,16,18). The SMILES string of the molecule is Cn1ccnc1CNCCCNC(=O)OC(C)(C)C. The molecule has 1 amide bonds. The molecule has 0 aliphatic carbocycles. The number of ether oxygens (including phenoxy) is 1. The lowest BCUT2D eigenvalue weighted by Crippen LogP contribution is -2.33. The van der Waals surface area contributed by atoms with E-state index >= 15 is 0 Å². The highest BCUT2D eigenvalue weighted by atomic mass is 16.6. The molecule has 0 aromatic carbocycles. The molecule has 0 fully saturated rings. The molecule has 0 atom stereocenters. The van der Waals surface area contributed by atoms with Gasteiger partial charge in [0.15, 0.2) is 0 Å². The van der Waals surface area contributed by atoms with Crippen LogP contribution in [0.5, 0.6) is 0 Å². The minimum atomic E-state index is -0.444. The summed E-state index contributed by atoms with van der Waals surface area (Å²) in [4.78, 5) is 15.6. The van der Waals surface area contributed by atoms with Crippen molar-refractivity contribution in [1.29, 1.82) is 0 Å². The number of alkyl carbamates (subject to hydrolysis) is 1. The van der Waals surface area contributed by atoms with E-state index in [1.54, 1.807) is 6.20 Å². The molecule has 6 heteroatoms. The Morgan fingerprint density at radius 3 is 2.74 bits per heavy atom.